The maximum Gasteiger partial charge on any atom is 0.339 e. The number of hydrogen-bond acceptors (Lipinski definition) is 6. The quantitative estimate of drug-likeness (QED) is 0.563. The maximum atomic E-state index is 11.2. The molecule has 0 aliphatic rings. The summed E-state index contributed by atoms with van der Waals surface area (Å²) in [6.07, 6.45) is 0.978. The Morgan fingerprint density at radius 2 is 2.32 bits per heavy atom. The van der Waals surface area contributed by atoms with E-state index in [0.717, 1.165) is 12.3 Å². The average molecular weight is 287 g/mol. The zero-order chi connectivity index (χ0) is 14.4. The number of anilines is 1. The predicted octanol–water partition coefficient (Wildman–Crippen LogP) is 0.868. The molecule has 19 heavy (non-hydrogen) atoms. The van der Waals surface area contributed by atoms with E-state index in [0.29, 0.717) is 11.5 Å². The zero-order valence-electron chi connectivity index (χ0n) is 10.2. The van der Waals surface area contributed by atoms with Gasteiger partial charge in [-0.3, -0.25) is 14.3 Å². The zero-order valence-corrected chi connectivity index (χ0v) is 11.0. The van der Waals surface area contributed by atoms with Crippen LogP contribution in [0.15, 0.2) is 12.3 Å². The molecule has 1 unspecified atom stereocenters. The smallest absolute Gasteiger partial charge is 0.339 e. The topological polar surface area (TPSA) is 122 Å². The molecule has 9 heteroatoms. The van der Waals surface area contributed by atoms with Crippen LogP contribution in [0.2, 0.25) is 0 Å². The summed E-state index contributed by atoms with van der Waals surface area (Å²) >= 11 is 0. The highest BCUT2D eigenvalue weighted by atomic mass is 32.2. The van der Waals surface area contributed by atoms with E-state index in [2.05, 4.69) is 10.3 Å². The molecule has 0 fully saturated rings. The highest BCUT2D eigenvalue weighted by Crippen LogP contribution is 2.18. The molecule has 0 aliphatic heterocycles. The van der Waals surface area contributed by atoms with Crippen LogP contribution in [0.5, 0.6) is 0 Å². The Labute approximate surface area is 111 Å². The van der Waals surface area contributed by atoms with Gasteiger partial charge in [-0.2, -0.15) is 0 Å². The molecule has 1 atom stereocenters. The Kier molecular flexibility index (Phi) is 5.37. The van der Waals surface area contributed by atoms with Crippen molar-refractivity contribution in [2.24, 2.45) is 0 Å². The van der Waals surface area contributed by atoms with Crippen molar-refractivity contribution in [3.8, 4) is 0 Å². The van der Waals surface area contributed by atoms with E-state index in [4.69, 9.17) is 5.11 Å². The van der Waals surface area contributed by atoms with E-state index in [9.17, 15) is 19.1 Å². The SMILES string of the molecule is CCS(=O)CCNc1ncc([N+](=O)[O-])cc1C(=O)O. The van der Waals surface area contributed by atoms with E-state index < -0.39 is 21.7 Å². The average Bonchev–Trinajstić information content (AvgIpc) is 2.38. The molecule has 2 N–H and O–H groups in total. The molecule has 0 aliphatic carbocycles. The molecule has 1 heterocycles. The largest absolute Gasteiger partial charge is 0.478 e. The first-order valence-electron chi connectivity index (χ1n) is 5.42. The summed E-state index contributed by atoms with van der Waals surface area (Å²) in [4.78, 5) is 24.5. The van der Waals surface area contributed by atoms with Crippen LogP contribution in [-0.4, -0.2) is 43.2 Å². The van der Waals surface area contributed by atoms with E-state index in [-0.39, 0.29) is 23.6 Å². The molecule has 0 saturated carbocycles. The Bertz CT molecular complexity index is 520. The van der Waals surface area contributed by atoms with Crippen LogP contribution in [0, 0.1) is 10.1 Å². The van der Waals surface area contributed by atoms with Crippen molar-refractivity contribution in [1.29, 1.82) is 0 Å². The summed E-state index contributed by atoms with van der Waals surface area (Å²) in [5.41, 5.74) is -0.670. The van der Waals surface area contributed by atoms with Gasteiger partial charge >= 0.3 is 5.97 Å². The third-order valence-electron chi connectivity index (χ3n) is 2.26. The lowest BCUT2D eigenvalue weighted by molar-refractivity contribution is -0.385. The van der Waals surface area contributed by atoms with E-state index in [1.807, 2.05) is 0 Å². The minimum Gasteiger partial charge on any atom is -0.478 e. The summed E-state index contributed by atoms with van der Waals surface area (Å²) in [7, 11) is -0.976. The predicted molar refractivity (Wildman–Crippen MR) is 69.9 cm³/mol. The van der Waals surface area contributed by atoms with Crippen molar-refractivity contribution in [1.82, 2.24) is 4.98 Å². The van der Waals surface area contributed by atoms with Gasteiger partial charge in [0.05, 0.1) is 4.92 Å². The van der Waals surface area contributed by atoms with Gasteiger partial charge in [0, 0.05) is 34.9 Å². The molecule has 0 radical (unpaired) electrons. The lowest BCUT2D eigenvalue weighted by Crippen LogP contribution is -2.15. The molecule has 0 saturated heterocycles. The number of carboxylic acid groups (broad SMARTS) is 1. The lowest BCUT2D eigenvalue weighted by Gasteiger charge is -2.07. The second-order valence-electron chi connectivity index (χ2n) is 3.51. The Morgan fingerprint density at radius 1 is 1.63 bits per heavy atom. The first-order chi connectivity index (χ1) is 8.95. The number of pyridine rings is 1. The van der Waals surface area contributed by atoms with Crippen molar-refractivity contribution < 1.29 is 19.0 Å². The number of nitrogens with zero attached hydrogens (tertiary/aromatic N) is 2. The standard InChI is InChI=1S/C10H13N3O5S/c1-2-19(18)4-3-11-9-8(10(14)15)5-7(6-12-9)13(16)17/h5-6H,2-4H2,1H3,(H,11,12)(H,14,15). The number of nitro groups is 1. The van der Waals surface area contributed by atoms with Gasteiger partial charge in [0.1, 0.15) is 17.6 Å². The fourth-order valence-corrected chi connectivity index (χ4v) is 1.90. The van der Waals surface area contributed by atoms with Gasteiger partial charge in [0.15, 0.2) is 0 Å². The van der Waals surface area contributed by atoms with Crippen LogP contribution in [-0.2, 0) is 10.8 Å². The number of rotatable bonds is 7. The molecule has 1 rings (SSSR count). The third-order valence-corrected chi connectivity index (χ3v) is 3.56. The summed E-state index contributed by atoms with van der Waals surface area (Å²) in [6.45, 7) is 2.06. The highest BCUT2D eigenvalue weighted by Gasteiger charge is 2.17. The van der Waals surface area contributed by atoms with Crippen LogP contribution >= 0.6 is 0 Å². The van der Waals surface area contributed by atoms with Gasteiger partial charge in [-0.25, -0.2) is 9.78 Å². The first kappa shape index (κ1) is 15.0. The second-order valence-corrected chi connectivity index (χ2v) is 5.38. The molecule has 0 aromatic carbocycles. The molecular weight excluding hydrogens is 274 g/mol. The lowest BCUT2D eigenvalue weighted by atomic mass is 10.2. The van der Waals surface area contributed by atoms with E-state index in [1.165, 1.54) is 0 Å². The van der Waals surface area contributed by atoms with Gasteiger partial charge in [-0.15, -0.1) is 0 Å². The molecule has 0 bridgehead atoms. The number of aromatic nitrogens is 1. The molecule has 1 aromatic heterocycles. The molecule has 104 valence electrons. The van der Waals surface area contributed by atoms with Gasteiger partial charge in [-0.05, 0) is 0 Å². The molecule has 8 nitrogen and oxygen atoms in total. The van der Waals surface area contributed by atoms with E-state index >= 15 is 0 Å². The van der Waals surface area contributed by atoms with Crippen LogP contribution in [0.3, 0.4) is 0 Å². The third kappa shape index (κ3) is 4.28. The molecule has 1 aromatic rings. The fourth-order valence-electron chi connectivity index (χ4n) is 1.29. The Balaban J connectivity index is 2.85. The summed E-state index contributed by atoms with van der Waals surface area (Å²) < 4.78 is 11.2. The highest BCUT2D eigenvalue weighted by molar-refractivity contribution is 7.84. The van der Waals surface area contributed by atoms with Crippen LogP contribution in [0.4, 0.5) is 11.5 Å². The van der Waals surface area contributed by atoms with Crippen LogP contribution in [0.1, 0.15) is 17.3 Å². The van der Waals surface area contributed by atoms with Gasteiger partial charge in [-0.1, -0.05) is 6.92 Å². The van der Waals surface area contributed by atoms with Crippen LogP contribution in [0.25, 0.3) is 0 Å². The Hall–Kier alpha value is -2.03. The summed E-state index contributed by atoms with van der Waals surface area (Å²) in [5.74, 6) is -0.406. The van der Waals surface area contributed by atoms with Crippen molar-refractivity contribution in [2.45, 2.75) is 6.92 Å². The first-order valence-corrected chi connectivity index (χ1v) is 6.91. The Morgan fingerprint density at radius 3 is 2.84 bits per heavy atom. The summed E-state index contributed by atoms with van der Waals surface area (Å²) in [5, 5.41) is 22.2. The number of aromatic carboxylic acids is 1. The van der Waals surface area contributed by atoms with E-state index in [1.54, 1.807) is 6.92 Å². The number of carboxylic acids is 1. The molecular formula is C10H13N3O5S. The normalized spacial score (nSPS) is 11.8. The van der Waals surface area contributed by atoms with Crippen molar-refractivity contribution in [3.05, 3.63) is 27.9 Å². The minimum atomic E-state index is -1.31. The van der Waals surface area contributed by atoms with Gasteiger partial charge in [0.25, 0.3) is 5.69 Å². The minimum absolute atomic E-state index is 0.0335. The van der Waals surface area contributed by atoms with Crippen molar-refractivity contribution in [2.75, 3.05) is 23.4 Å². The summed E-state index contributed by atoms with van der Waals surface area (Å²) in [6, 6.07) is 0.939. The van der Waals surface area contributed by atoms with Gasteiger partial charge < -0.3 is 10.4 Å². The number of nitrogens with one attached hydrogen (secondary N) is 1. The molecule has 0 amide bonds. The maximum absolute atomic E-state index is 11.2. The second kappa shape index (κ2) is 6.78. The number of carbonyl (C=O) groups is 1. The van der Waals surface area contributed by atoms with Gasteiger partial charge in [0.2, 0.25) is 0 Å². The van der Waals surface area contributed by atoms with Crippen LogP contribution < -0.4 is 5.32 Å². The molecule has 0 spiro atoms. The van der Waals surface area contributed by atoms with Crippen molar-refractivity contribution in [3.63, 3.8) is 0 Å². The fraction of sp³-hybridized carbons (Fsp3) is 0.400. The monoisotopic (exact) mass is 287 g/mol. The number of hydrogen-bond donors (Lipinski definition) is 2. The van der Waals surface area contributed by atoms with Crippen molar-refractivity contribution >= 4 is 28.3 Å².